The Morgan fingerprint density at radius 1 is 0.974 bits per heavy atom. The zero-order valence-electron chi connectivity index (χ0n) is 20.9. The Morgan fingerprint density at radius 2 is 1.61 bits per heavy atom. The van der Waals surface area contributed by atoms with Crippen molar-refractivity contribution in [2.45, 2.75) is 49.9 Å². The van der Waals surface area contributed by atoms with E-state index in [1.165, 1.54) is 11.8 Å². The maximum absolute atomic E-state index is 13.0. The number of hydrogen-bond donors (Lipinski definition) is 8. The molecule has 0 radical (unpaired) electrons. The predicted molar refractivity (Wildman–Crippen MR) is 142 cm³/mol. The second-order valence-electron chi connectivity index (χ2n) is 8.66. The number of primary amides is 1. The van der Waals surface area contributed by atoms with Gasteiger partial charge in [-0.25, -0.2) is 4.79 Å². The summed E-state index contributed by atoms with van der Waals surface area (Å²) in [6.45, 7) is -0.830. The first-order valence-electron chi connectivity index (χ1n) is 11.9. The molecular weight excluding hydrogens is 516 g/mol. The number of aromatic amines is 1. The normalized spacial score (nSPS) is 14.2. The Balaban J connectivity index is 2.04. The van der Waals surface area contributed by atoms with Crippen molar-refractivity contribution < 1.29 is 34.2 Å². The molecule has 0 aliphatic carbocycles. The number of carboxylic acids is 1. The van der Waals surface area contributed by atoms with E-state index in [0.29, 0.717) is 5.75 Å². The number of hydrogen-bond acceptors (Lipinski definition) is 8. The molecule has 0 aliphatic rings. The summed E-state index contributed by atoms with van der Waals surface area (Å²) in [6.07, 6.45) is 3.48. The molecule has 0 saturated carbocycles. The lowest BCUT2D eigenvalue weighted by molar-refractivity contribution is -0.143. The van der Waals surface area contributed by atoms with E-state index in [-0.39, 0.29) is 25.7 Å². The third kappa shape index (κ3) is 9.04. The van der Waals surface area contributed by atoms with E-state index in [4.69, 9.17) is 11.5 Å². The molecule has 0 saturated heterocycles. The number of thioether (sulfide) groups is 1. The lowest BCUT2D eigenvalue weighted by atomic mass is 10.0. The molecule has 1 aromatic heterocycles. The average molecular weight is 551 g/mol. The third-order valence-corrected chi connectivity index (χ3v) is 6.45. The average Bonchev–Trinajstić information content (AvgIpc) is 3.29. The van der Waals surface area contributed by atoms with Crippen LogP contribution < -0.4 is 27.4 Å². The number of benzene rings is 1. The van der Waals surface area contributed by atoms with Crippen molar-refractivity contribution in [1.82, 2.24) is 20.9 Å². The number of fused-ring (bicyclic) bond motifs is 1. The Bertz CT molecular complexity index is 1140. The number of nitrogens with one attached hydrogen (secondary N) is 4. The Hall–Kier alpha value is -3.62. The minimum Gasteiger partial charge on any atom is -0.480 e. The number of H-pyrrole nitrogens is 1. The Morgan fingerprint density at radius 3 is 2.24 bits per heavy atom. The lowest BCUT2D eigenvalue weighted by Crippen LogP contribution is -2.58. The van der Waals surface area contributed by atoms with Crippen molar-refractivity contribution in [3.05, 3.63) is 36.0 Å². The highest BCUT2D eigenvalue weighted by molar-refractivity contribution is 7.98. The van der Waals surface area contributed by atoms with E-state index in [0.717, 1.165) is 16.5 Å². The fourth-order valence-corrected chi connectivity index (χ4v) is 4.17. The summed E-state index contributed by atoms with van der Waals surface area (Å²) in [5.41, 5.74) is 12.9. The molecule has 0 aliphatic heterocycles. The van der Waals surface area contributed by atoms with Gasteiger partial charge in [0.05, 0.1) is 12.6 Å². The van der Waals surface area contributed by atoms with Crippen molar-refractivity contribution >= 4 is 52.3 Å². The first kappa shape index (κ1) is 30.6. The van der Waals surface area contributed by atoms with Crippen molar-refractivity contribution in [2.24, 2.45) is 11.5 Å². The monoisotopic (exact) mass is 550 g/mol. The zero-order valence-corrected chi connectivity index (χ0v) is 21.8. The minimum atomic E-state index is -1.49. The molecule has 4 amide bonds. The number of carbonyl (C=O) groups is 5. The van der Waals surface area contributed by atoms with Gasteiger partial charge in [-0.1, -0.05) is 18.2 Å². The number of aliphatic hydroxyl groups excluding tert-OH is 1. The molecular formula is C24H34N6O7S. The molecule has 4 unspecified atom stereocenters. The van der Waals surface area contributed by atoms with E-state index in [1.54, 1.807) is 6.20 Å². The highest BCUT2D eigenvalue weighted by atomic mass is 32.2. The highest BCUT2D eigenvalue weighted by Crippen LogP contribution is 2.18. The summed E-state index contributed by atoms with van der Waals surface area (Å²) in [6, 6.07) is 2.60. The van der Waals surface area contributed by atoms with Crippen LogP contribution in [0.1, 0.15) is 24.8 Å². The number of nitrogens with two attached hydrogens (primary N) is 2. The van der Waals surface area contributed by atoms with Gasteiger partial charge in [-0.3, -0.25) is 19.2 Å². The van der Waals surface area contributed by atoms with E-state index >= 15 is 0 Å². The zero-order chi connectivity index (χ0) is 28.2. The van der Waals surface area contributed by atoms with Gasteiger partial charge in [0.2, 0.25) is 23.6 Å². The first-order chi connectivity index (χ1) is 18.1. The van der Waals surface area contributed by atoms with Gasteiger partial charge in [0.1, 0.15) is 18.1 Å². The van der Waals surface area contributed by atoms with Gasteiger partial charge in [0.25, 0.3) is 0 Å². The van der Waals surface area contributed by atoms with Crippen LogP contribution in [0.15, 0.2) is 30.5 Å². The Kier molecular flexibility index (Phi) is 12.0. The van der Waals surface area contributed by atoms with Crippen LogP contribution in [0.5, 0.6) is 0 Å². The number of aromatic nitrogens is 1. The maximum atomic E-state index is 13.0. The number of carboxylic acid groups (broad SMARTS) is 1. The van der Waals surface area contributed by atoms with Gasteiger partial charge in [-0.05, 0) is 42.9 Å². The molecule has 0 spiro atoms. The van der Waals surface area contributed by atoms with Gasteiger partial charge in [0, 0.05) is 23.5 Å². The summed E-state index contributed by atoms with van der Waals surface area (Å²) in [7, 11) is 0. The number of para-hydroxylation sites is 1. The molecule has 38 heavy (non-hydrogen) atoms. The fraction of sp³-hybridized carbons (Fsp3) is 0.458. The van der Waals surface area contributed by atoms with E-state index in [9.17, 15) is 34.2 Å². The van der Waals surface area contributed by atoms with E-state index in [2.05, 4.69) is 20.9 Å². The number of amides is 4. The highest BCUT2D eigenvalue weighted by Gasteiger charge is 2.30. The van der Waals surface area contributed by atoms with Gasteiger partial charge in [-0.2, -0.15) is 11.8 Å². The third-order valence-electron chi connectivity index (χ3n) is 5.80. The van der Waals surface area contributed by atoms with Crippen LogP contribution in [0.4, 0.5) is 0 Å². The quantitative estimate of drug-likeness (QED) is 0.122. The molecule has 1 heterocycles. The number of carbonyl (C=O) groups excluding carboxylic acids is 4. The topological polar surface area (TPSA) is 230 Å². The van der Waals surface area contributed by atoms with Gasteiger partial charge in [-0.15, -0.1) is 0 Å². The molecule has 13 nitrogen and oxygen atoms in total. The molecule has 208 valence electrons. The van der Waals surface area contributed by atoms with E-state index < -0.39 is 60.4 Å². The van der Waals surface area contributed by atoms with Crippen LogP contribution >= 0.6 is 11.8 Å². The van der Waals surface area contributed by atoms with Crippen LogP contribution in [-0.2, 0) is 30.4 Å². The fourth-order valence-electron chi connectivity index (χ4n) is 3.70. The molecule has 10 N–H and O–H groups in total. The number of aliphatic hydroxyl groups is 1. The van der Waals surface area contributed by atoms with Crippen molar-refractivity contribution in [1.29, 1.82) is 0 Å². The molecule has 4 atom stereocenters. The standard InChI is InChI=1S/C24H34N6O7S/c1-38-9-8-17(28-21(33)15(25)10-13-11-27-16-5-3-2-4-14(13)16)22(34)30-19(12-31)23(35)29-18(24(36)37)6-7-20(26)32/h2-5,11,15,17-19,27,31H,6-10,12,25H2,1H3,(H2,26,32)(H,28,33)(H,29,35)(H,30,34)(H,36,37). The lowest BCUT2D eigenvalue weighted by Gasteiger charge is -2.24. The number of aliphatic carboxylic acids is 1. The SMILES string of the molecule is CSCCC(NC(=O)C(N)Cc1c[nH]c2ccccc12)C(=O)NC(CO)C(=O)NC(CCC(N)=O)C(=O)O. The van der Waals surface area contributed by atoms with E-state index in [1.807, 2.05) is 30.5 Å². The number of rotatable bonds is 16. The molecule has 1 aromatic carbocycles. The summed E-state index contributed by atoms with van der Waals surface area (Å²) in [4.78, 5) is 63.8. The van der Waals surface area contributed by atoms with Crippen LogP contribution in [0.2, 0.25) is 0 Å². The van der Waals surface area contributed by atoms with Crippen molar-refractivity contribution in [2.75, 3.05) is 18.6 Å². The van der Waals surface area contributed by atoms with Crippen molar-refractivity contribution in [3.8, 4) is 0 Å². The summed E-state index contributed by atoms with van der Waals surface area (Å²) in [5.74, 6) is -3.93. The molecule has 0 fully saturated rings. The van der Waals surface area contributed by atoms with Gasteiger partial charge >= 0.3 is 5.97 Å². The Labute approximate surface area is 223 Å². The molecule has 14 heteroatoms. The second-order valence-corrected chi connectivity index (χ2v) is 9.65. The smallest absolute Gasteiger partial charge is 0.326 e. The van der Waals surface area contributed by atoms with Crippen molar-refractivity contribution in [3.63, 3.8) is 0 Å². The van der Waals surface area contributed by atoms with Crippen LogP contribution in [0.25, 0.3) is 10.9 Å². The first-order valence-corrected chi connectivity index (χ1v) is 13.3. The summed E-state index contributed by atoms with van der Waals surface area (Å²) < 4.78 is 0. The summed E-state index contributed by atoms with van der Waals surface area (Å²) >= 11 is 1.44. The second kappa shape index (κ2) is 15.0. The van der Waals surface area contributed by atoms with Crippen LogP contribution in [-0.4, -0.2) is 87.6 Å². The van der Waals surface area contributed by atoms with Gasteiger partial charge < -0.3 is 42.6 Å². The van der Waals surface area contributed by atoms with Crippen LogP contribution in [0, 0.1) is 0 Å². The van der Waals surface area contributed by atoms with Gasteiger partial charge in [0.15, 0.2) is 0 Å². The minimum absolute atomic E-state index is 0.217. The van der Waals surface area contributed by atoms with Crippen LogP contribution in [0.3, 0.4) is 0 Å². The summed E-state index contributed by atoms with van der Waals surface area (Å²) in [5, 5.41) is 27.0. The molecule has 0 bridgehead atoms. The maximum Gasteiger partial charge on any atom is 0.326 e. The predicted octanol–water partition coefficient (Wildman–Crippen LogP) is -1.41. The molecule has 2 aromatic rings. The largest absolute Gasteiger partial charge is 0.480 e. The molecule has 2 rings (SSSR count).